The molecular weight excluding hydrogens is 272 g/mol. The van der Waals surface area contributed by atoms with Gasteiger partial charge in [-0.1, -0.05) is 29.8 Å². The number of hydrogen-bond acceptors (Lipinski definition) is 3. The van der Waals surface area contributed by atoms with Crippen LogP contribution in [0, 0.1) is 0 Å². The van der Waals surface area contributed by atoms with Crippen LogP contribution < -0.4 is 10.5 Å². The molecular formula is C16H19ClN2O. The molecule has 0 radical (unpaired) electrons. The highest BCUT2D eigenvalue weighted by atomic mass is 35.5. The van der Waals surface area contributed by atoms with E-state index in [2.05, 4.69) is 4.90 Å². The van der Waals surface area contributed by atoms with Gasteiger partial charge in [0.05, 0.1) is 10.7 Å². The lowest BCUT2D eigenvalue weighted by atomic mass is 10.0. The Morgan fingerprint density at radius 1 is 1.10 bits per heavy atom. The maximum Gasteiger partial charge on any atom is 0.119 e. The summed E-state index contributed by atoms with van der Waals surface area (Å²) >= 11 is 5.94. The van der Waals surface area contributed by atoms with Crippen LogP contribution in [0.1, 0.15) is 0 Å². The Hall–Kier alpha value is -1.71. The zero-order chi connectivity index (χ0) is 14.5. The third-order valence-corrected chi connectivity index (χ3v) is 3.31. The lowest BCUT2D eigenvalue weighted by molar-refractivity contribution is 0.261. The van der Waals surface area contributed by atoms with Crippen LogP contribution in [0.15, 0.2) is 42.5 Å². The molecule has 0 atom stereocenters. The molecule has 2 aromatic carbocycles. The number of nitrogens with two attached hydrogens (primary N) is 1. The van der Waals surface area contributed by atoms with E-state index in [0.29, 0.717) is 17.3 Å². The molecule has 3 nitrogen and oxygen atoms in total. The molecule has 0 fully saturated rings. The second kappa shape index (κ2) is 6.64. The molecule has 20 heavy (non-hydrogen) atoms. The highest BCUT2D eigenvalue weighted by Gasteiger charge is 2.03. The predicted octanol–water partition coefficient (Wildman–Crippen LogP) is 3.53. The van der Waals surface area contributed by atoms with Crippen molar-refractivity contribution in [3.05, 3.63) is 47.5 Å². The van der Waals surface area contributed by atoms with E-state index in [1.165, 1.54) is 0 Å². The van der Waals surface area contributed by atoms with Gasteiger partial charge in [-0.2, -0.15) is 0 Å². The van der Waals surface area contributed by atoms with Gasteiger partial charge >= 0.3 is 0 Å². The molecule has 2 aromatic rings. The van der Waals surface area contributed by atoms with Crippen molar-refractivity contribution in [3.8, 4) is 16.9 Å². The Labute approximate surface area is 124 Å². The number of ether oxygens (including phenoxy) is 1. The van der Waals surface area contributed by atoms with E-state index in [9.17, 15) is 0 Å². The molecule has 0 aliphatic carbocycles. The first-order chi connectivity index (χ1) is 9.56. The van der Waals surface area contributed by atoms with Crippen LogP contribution in [-0.2, 0) is 0 Å². The topological polar surface area (TPSA) is 38.5 Å². The molecule has 4 heteroatoms. The van der Waals surface area contributed by atoms with Gasteiger partial charge < -0.3 is 15.4 Å². The summed E-state index contributed by atoms with van der Waals surface area (Å²) in [6, 6.07) is 13.6. The van der Waals surface area contributed by atoms with Gasteiger partial charge in [0.1, 0.15) is 12.4 Å². The number of likely N-dealkylation sites (N-methyl/N-ethyl adjacent to an activating group) is 1. The Balaban J connectivity index is 2.14. The summed E-state index contributed by atoms with van der Waals surface area (Å²) in [5.41, 5.74) is 8.52. The van der Waals surface area contributed by atoms with Gasteiger partial charge in [0.15, 0.2) is 0 Å². The maximum absolute atomic E-state index is 5.94. The number of anilines is 1. The number of benzene rings is 2. The SMILES string of the molecule is CN(C)CCOc1cccc(-c2ccc(Cl)c(N)c2)c1. The fourth-order valence-corrected chi connectivity index (χ4v) is 1.95. The molecule has 0 unspecified atom stereocenters. The van der Waals surface area contributed by atoms with Crippen molar-refractivity contribution < 1.29 is 4.74 Å². The first-order valence-electron chi connectivity index (χ1n) is 6.49. The van der Waals surface area contributed by atoms with Crippen LogP contribution in [0.4, 0.5) is 5.69 Å². The summed E-state index contributed by atoms with van der Waals surface area (Å²) in [5, 5.41) is 0.576. The molecule has 2 rings (SSSR count). The van der Waals surface area contributed by atoms with Crippen molar-refractivity contribution in [2.75, 3.05) is 33.0 Å². The van der Waals surface area contributed by atoms with E-state index < -0.39 is 0 Å². The van der Waals surface area contributed by atoms with Crippen LogP contribution in [0.5, 0.6) is 5.75 Å². The minimum Gasteiger partial charge on any atom is -0.492 e. The summed E-state index contributed by atoms with van der Waals surface area (Å²) in [7, 11) is 4.05. The average Bonchev–Trinajstić information content (AvgIpc) is 2.42. The maximum atomic E-state index is 5.94. The van der Waals surface area contributed by atoms with Crippen molar-refractivity contribution in [2.45, 2.75) is 0 Å². The molecule has 0 saturated carbocycles. The summed E-state index contributed by atoms with van der Waals surface area (Å²) in [5.74, 6) is 0.859. The van der Waals surface area contributed by atoms with Gasteiger partial charge in [-0.3, -0.25) is 0 Å². The van der Waals surface area contributed by atoms with Gasteiger partial charge in [0.25, 0.3) is 0 Å². The summed E-state index contributed by atoms with van der Waals surface area (Å²) in [6.45, 7) is 1.55. The van der Waals surface area contributed by atoms with Crippen LogP contribution in [0.3, 0.4) is 0 Å². The Morgan fingerprint density at radius 2 is 1.85 bits per heavy atom. The van der Waals surface area contributed by atoms with Gasteiger partial charge in [-0.15, -0.1) is 0 Å². The molecule has 0 saturated heterocycles. The largest absolute Gasteiger partial charge is 0.492 e. The lowest BCUT2D eigenvalue weighted by Crippen LogP contribution is -2.19. The number of rotatable bonds is 5. The average molecular weight is 291 g/mol. The monoisotopic (exact) mass is 290 g/mol. The number of halogens is 1. The zero-order valence-corrected chi connectivity index (χ0v) is 12.5. The standard InChI is InChI=1S/C16H19ClN2O/c1-19(2)8-9-20-14-5-3-4-12(10-14)13-6-7-15(17)16(18)11-13/h3-7,10-11H,8-9,18H2,1-2H3. The number of nitrogen functional groups attached to an aromatic ring is 1. The van der Waals surface area contributed by atoms with Crippen molar-refractivity contribution >= 4 is 17.3 Å². The second-order valence-electron chi connectivity index (χ2n) is 4.92. The third kappa shape index (κ3) is 3.89. The number of hydrogen-bond donors (Lipinski definition) is 1. The van der Waals surface area contributed by atoms with Crippen LogP contribution in [0.25, 0.3) is 11.1 Å². The van der Waals surface area contributed by atoms with Crippen molar-refractivity contribution in [2.24, 2.45) is 0 Å². The molecule has 0 aromatic heterocycles. The fourth-order valence-electron chi connectivity index (χ4n) is 1.83. The fraction of sp³-hybridized carbons (Fsp3) is 0.250. The molecule has 0 aliphatic heterocycles. The highest BCUT2D eigenvalue weighted by molar-refractivity contribution is 6.33. The van der Waals surface area contributed by atoms with Crippen LogP contribution in [-0.4, -0.2) is 32.1 Å². The van der Waals surface area contributed by atoms with Crippen molar-refractivity contribution in [3.63, 3.8) is 0 Å². The Bertz CT molecular complexity index is 584. The first kappa shape index (κ1) is 14.7. The smallest absolute Gasteiger partial charge is 0.119 e. The van der Waals surface area contributed by atoms with E-state index in [1.807, 2.05) is 56.6 Å². The van der Waals surface area contributed by atoms with Crippen LogP contribution >= 0.6 is 11.6 Å². The van der Waals surface area contributed by atoms with Gasteiger partial charge in [0.2, 0.25) is 0 Å². The Kier molecular flexibility index (Phi) is 4.88. The molecule has 0 spiro atoms. The lowest BCUT2D eigenvalue weighted by Gasteiger charge is -2.12. The molecule has 106 valence electrons. The van der Waals surface area contributed by atoms with E-state index in [-0.39, 0.29) is 0 Å². The molecule has 0 aliphatic rings. The Morgan fingerprint density at radius 3 is 2.55 bits per heavy atom. The normalized spacial score (nSPS) is 10.8. The number of nitrogens with zero attached hydrogens (tertiary/aromatic N) is 1. The molecule has 0 bridgehead atoms. The summed E-state index contributed by atoms with van der Waals surface area (Å²) in [4.78, 5) is 2.09. The summed E-state index contributed by atoms with van der Waals surface area (Å²) in [6.07, 6.45) is 0. The van der Waals surface area contributed by atoms with Gasteiger partial charge in [-0.05, 0) is 49.5 Å². The molecule has 0 amide bonds. The van der Waals surface area contributed by atoms with E-state index in [1.54, 1.807) is 0 Å². The predicted molar refractivity (Wildman–Crippen MR) is 85.3 cm³/mol. The van der Waals surface area contributed by atoms with Crippen molar-refractivity contribution in [1.82, 2.24) is 4.90 Å². The van der Waals surface area contributed by atoms with E-state index in [0.717, 1.165) is 23.4 Å². The summed E-state index contributed by atoms with van der Waals surface area (Å²) < 4.78 is 5.73. The van der Waals surface area contributed by atoms with E-state index >= 15 is 0 Å². The third-order valence-electron chi connectivity index (χ3n) is 2.97. The minimum absolute atomic E-state index is 0.576. The zero-order valence-electron chi connectivity index (χ0n) is 11.8. The van der Waals surface area contributed by atoms with Crippen LogP contribution in [0.2, 0.25) is 5.02 Å². The molecule has 2 N–H and O–H groups in total. The van der Waals surface area contributed by atoms with Gasteiger partial charge in [0, 0.05) is 6.54 Å². The highest BCUT2D eigenvalue weighted by Crippen LogP contribution is 2.28. The quantitative estimate of drug-likeness (QED) is 0.856. The second-order valence-corrected chi connectivity index (χ2v) is 5.32. The van der Waals surface area contributed by atoms with Crippen molar-refractivity contribution in [1.29, 1.82) is 0 Å². The van der Waals surface area contributed by atoms with E-state index in [4.69, 9.17) is 22.1 Å². The minimum atomic E-state index is 0.576. The molecule has 0 heterocycles. The first-order valence-corrected chi connectivity index (χ1v) is 6.87. The van der Waals surface area contributed by atoms with Gasteiger partial charge in [-0.25, -0.2) is 0 Å².